The van der Waals surface area contributed by atoms with Crippen molar-refractivity contribution in [3.8, 4) is 0 Å². The summed E-state index contributed by atoms with van der Waals surface area (Å²) >= 11 is 0. The van der Waals surface area contributed by atoms with E-state index in [1.807, 2.05) is 0 Å². The molecule has 34 heavy (non-hydrogen) atoms. The van der Waals surface area contributed by atoms with Gasteiger partial charge in [0.15, 0.2) is 29.6 Å². The van der Waals surface area contributed by atoms with Gasteiger partial charge in [-0.1, -0.05) is 0 Å². The first-order valence-corrected chi connectivity index (χ1v) is 10.4. The molecule has 1 N–H and O–H groups in total. The molecule has 1 aliphatic rings. The average molecular weight is 484 g/mol. The lowest BCUT2D eigenvalue weighted by molar-refractivity contribution is -0.0674. The lowest BCUT2D eigenvalue weighted by Gasteiger charge is -2.23. The first kappa shape index (κ1) is 24.8. The van der Waals surface area contributed by atoms with E-state index in [9.17, 15) is 19.2 Å². The number of imidazole rings is 1. The molecule has 1 fully saturated rings. The fourth-order valence-corrected chi connectivity index (χ4v) is 3.22. The van der Waals surface area contributed by atoms with Gasteiger partial charge in [-0.25, -0.2) is 24.4 Å². The second kappa shape index (κ2) is 11.3. The SMILES string of the molecule is CCOC(=O)OC[C@H]1O[C@@H](n2cnc3c(=O)[nH]cnc32)[C@H](OC(=O)OCC)[C@@H]1OC(=O)OCC. The van der Waals surface area contributed by atoms with Crippen LogP contribution in [0, 0.1) is 0 Å². The quantitative estimate of drug-likeness (QED) is 0.418. The van der Waals surface area contributed by atoms with Crippen molar-refractivity contribution in [3.63, 3.8) is 0 Å². The van der Waals surface area contributed by atoms with E-state index in [1.165, 1.54) is 10.9 Å². The van der Waals surface area contributed by atoms with Gasteiger partial charge in [0.1, 0.15) is 12.7 Å². The molecule has 0 spiro atoms. The molecule has 2 aromatic heterocycles. The molecule has 0 unspecified atom stereocenters. The van der Waals surface area contributed by atoms with Crippen LogP contribution in [0.3, 0.4) is 0 Å². The Hall–Kier alpha value is -3.88. The zero-order valence-electron chi connectivity index (χ0n) is 18.6. The van der Waals surface area contributed by atoms with Crippen molar-refractivity contribution >= 4 is 29.6 Å². The van der Waals surface area contributed by atoms with E-state index in [2.05, 4.69) is 15.0 Å². The molecule has 0 amide bonds. The molecule has 15 heteroatoms. The standard InChI is InChI=1S/C19H24N4O11/c1-4-28-17(25)31-7-10-12(33-18(26)29-5-2)13(34-19(27)30-6-3)16(32-10)23-9-22-11-14(23)20-8-21-15(11)24/h8-10,12-13,16H,4-7H2,1-3H3,(H,20,21,24)/t10-,12-,13-,16-/m1/s1. The minimum absolute atomic E-state index is 0.00457. The van der Waals surface area contributed by atoms with Gasteiger partial charge in [-0.05, 0) is 20.8 Å². The van der Waals surface area contributed by atoms with E-state index in [1.54, 1.807) is 20.8 Å². The molecule has 0 saturated carbocycles. The molecule has 4 atom stereocenters. The topological polar surface area (TPSA) is 179 Å². The second-order valence-corrected chi connectivity index (χ2v) is 6.65. The predicted octanol–water partition coefficient (Wildman–Crippen LogP) is 1.27. The molecule has 15 nitrogen and oxygen atoms in total. The monoisotopic (exact) mass is 484 g/mol. The number of nitrogens with one attached hydrogen (secondary N) is 1. The summed E-state index contributed by atoms with van der Waals surface area (Å²) in [6.07, 6.45) is -5.66. The Morgan fingerprint density at radius 1 is 0.941 bits per heavy atom. The Labute approximate surface area is 192 Å². The largest absolute Gasteiger partial charge is 0.508 e. The van der Waals surface area contributed by atoms with E-state index in [0.717, 1.165) is 6.33 Å². The lowest BCUT2D eigenvalue weighted by atomic mass is 10.1. The van der Waals surface area contributed by atoms with Crippen LogP contribution in [0.2, 0.25) is 0 Å². The molecular formula is C19H24N4O11. The van der Waals surface area contributed by atoms with Gasteiger partial charge >= 0.3 is 18.5 Å². The molecule has 3 heterocycles. The van der Waals surface area contributed by atoms with E-state index in [0.29, 0.717) is 0 Å². The number of rotatable bonds is 8. The van der Waals surface area contributed by atoms with E-state index >= 15 is 0 Å². The Morgan fingerprint density at radius 3 is 2.21 bits per heavy atom. The van der Waals surface area contributed by atoms with Crippen molar-refractivity contribution in [3.05, 3.63) is 23.0 Å². The molecule has 1 aliphatic heterocycles. The highest BCUT2D eigenvalue weighted by atomic mass is 16.8. The van der Waals surface area contributed by atoms with E-state index < -0.39 is 55.2 Å². The fourth-order valence-electron chi connectivity index (χ4n) is 3.22. The van der Waals surface area contributed by atoms with Crippen molar-refractivity contribution in [2.45, 2.75) is 45.3 Å². The summed E-state index contributed by atoms with van der Waals surface area (Å²) in [5, 5.41) is 0. The minimum Gasteiger partial charge on any atom is -0.435 e. The maximum absolute atomic E-state index is 12.2. The Kier molecular flexibility index (Phi) is 8.24. The number of hydrogen-bond acceptors (Lipinski definition) is 13. The van der Waals surface area contributed by atoms with Crippen LogP contribution in [-0.2, 0) is 33.2 Å². The molecule has 0 aromatic carbocycles. The summed E-state index contributed by atoms with van der Waals surface area (Å²) < 4.78 is 37.4. The summed E-state index contributed by atoms with van der Waals surface area (Å²) in [5.74, 6) is 0. The Morgan fingerprint density at radius 2 is 1.56 bits per heavy atom. The highest BCUT2D eigenvalue weighted by Crippen LogP contribution is 2.36. The van der Waals surface area contributed by atoms with Crippen molar-refractivity contribution in [2.75, 3.05) is 26.4 Å². The molecule has 1 saturated heterocycles. The zero-order chi connectivity index (χ0) is 24.7. The Balaban J connectivity index is 1.97. The number of H-pyrrole nitrogens is 1. The van der Waals surface area contributed by atoms with Crippen LogP contribution < -0.4 is 5.56 Å². The van der Waals surface area contributed by atoms with Crippen molar-refractivity contribution < 1.29 is 47.5 Å². The molecule has 0 aliphatic carbocycles. The lowest BCUT2D eigenvalue weighted by Crippen LogP contribution is -2.41. The van der Waals surface area contributed by atoms with E-state index in [4.69, 9.17) is 33.2 Å². The number of aromatic nitrogens is 4. The normalized spacial score (nSPS) is 21.6. The number of carbonyl (C=O) groups is 3. The summed E-state index contributed by atoms with van der Waals surface area (Å²) in [4.78, 5) is 58.5. The van der Waals surface area contributed by atoms with Gasteiger partial charge in [0, 0.05) is 0 Å². The van der Waals surface area contributed by atoms with Gasteiger partial charge in [0.05, 0.1) is 32.5 Å². The molecular weight excluding hydrogens is 460 g/mol. The first-order valence-electron chi connectivity index (χ1n) is 10.4. The van der Waals surface area contributed by atoms with Gasteiger partial charge in [-0.2, -0.15) is 0 Å². The summed E-state index contributed by atoms with van der Waals surface area (Å²) in [5.41, 5.74) is -0.408. The van der Waals surface area contributed by atoms with Gasteiger partial charge in [-0.3, -0.25) is 9.36 Å². The van der Waals surface area contributed by atoms with E-state index in [-0.39, 0.29) is 31.0 Å². The van der Waals surface area contributed by atoms with Crippen LogP contribution in [-0.4, -0.2) is 82.7 Å². The van der Waals surface area contributed by atoms with Crippen LogP contribution in [0.5, 0.6) is 0 Å². The van der Waals surface area contributed by atoms with Gasteiger partial charge < -0.3 is 38.1 Å². The van der Waals surface area contributed by atoms with Gasteiger partial charge in [0.2, 0.25) is 0 Å². The van der Waals surface area contributed by atoms with Gasteiger partial charge in [0.25, 0.3) is 5.56 Å². The van der Waals surface area contributed by atoms with Crippen molar-refractivity contribution in [1.82, 2.24) is 19.5 Å². The first-order chi connectivity index (χ1) is 16.4. The highest BCUT2D eigenvalue weighted by molar-refractivity contribution is 5.69. The van der Waals surface area contributed by atoms with Crippen molar-refractivity contribution in [1.29, 1.82) is 0 Å². The number of nitrogens with zero attached hydrogens (tertiary/aromatic N) is 3. The molecule has 186 valence electrons. The molecule has 3 rings (SSSR count). The van der Waals surface area contributed by atoms with Crippen LogP contribution in [0.15, 0.2) is 17.4 Å². The highest BCUT2D eigenvalue weighted by Gasteiger charge is 2.52. The third-order valence-corrected chi connectivity index (χ3v) is 4.54. The predicted molar refractivity (Wildman–Crippen MR) is 109 cm³/mol. The fraction of sp³-hybridized carbons (Fsp3) is 0.579. The summed E-state index contributed by atoms with van der Waals surface area (Å²) in [7, 11) is 0. The third-order valence-electron chi connectivity index (χ3n) is 4.54. The zero-order valence-corrected chi connectivity index (χ0v) is 18.6. The maximum atomic E-state index is 12.2. The number of aromatic amines is 1. The van der Waals surface area contributed by atoms with Crippen molar-refractivity contribution in [2.24, 2.45) is 0 Å². The molecule has 0 radical (unpaired) electrons. The van der Waals surface area contributed by atoms with Crippen LogP contribution >= 0.6 is 0 Å². The number of carbonyl (C=O) groups excluding carboxylic acids is 3. The van der Waals surface area contributed by atoms with Crippen LogP contribution in [0.1, 0.15) is 27.0 Å². The van der Waals surface area contributed by atoms with Crippen LogP contribution in [0.25, 0.3) is 11.2 Å². The molecule has 2 aromatic rings. The summed E-state index contributed by atoms with van der Waals surface area (Å²) in [6.45, 7) is 4.42. The minimum atomic E-state index is -1.32. The van der Waals surface area contributed by atoms with Gasteiger partial charge in [-0.15, -0.1) is 0 Å². The number of fused-ring (bicyclic) bond motifs is 1. The Bertz CT molecular complexity index is 1070. The third kappa shape index (κ3) is 5.54. The second-order valence-electron chi connectivity index (χ2n) is 6.65. The number of ether oxygens (including phenoxy) is 7. The number of hydrogen-bond donors (Lipinski definition) is 1. The smallest absolute Gasteiger partial charge is 0.435 e. The summed E-state index contributed by atoms with van der Waals surface area (Å²) in [6, 6.07) is 0. The maximum Gasteiger partial charge on any atom is 0.508 e. The molecule has 0 bridgehead atoms. The van der Waals surface area contributed by atoms with Crippen LogP contribution in [0.4, 0.5) is 14.4 Å². The average Bonchev–Trinajstić information content (AvgIpc) is 3.36.